The number of alkyl halides is 3. The van der Waals surface area contributed by atoms with Crippen molar-refractivity contribution in [2.75, 3.05) is 10.6 Å². The van der Waals surface area contributed by atoms with Gasteiger partial charge >= 0.3 is 6.18 Å². The molecule has 0 aliphatic rings. The van der Waals surface area contributed by atoms with Crippen LogP contribution in [0.3, 0.4) is 0 Å². The molecule has 7 heteroatoms. The molecule has 2 N–H and O–H groups in total. The Morgan fingerprint density at radius 3 is 2.27 bits per heavy atom. The van der Waals surface area contributed by atoms with Crippen molar-refractivity contribution in [2.24, 2.45) is 0 Å². The van der Waals surface area contributed by atoms with E-state index in [4.69, 9.17) is 0 Å². The second-order valence-corrected chi connectivity index (χ2v) is 8.12. The predicted octanol–water partition coefficient (Wildman–Crippen LogP) is 8.06. The normalized spacial score (nSPS) is 11.4. The Kier molecular flexibility index (Phi) is 8.69. The van der Waals surface area contributed by atoms with Gasteiger partial charge in [-0.3, -0.25) is 0 Å². The molecule has 0 aliphatic heterocycles. The maximum absolute atomic E-state index is 13.7. The number of rotatable bonds is 11. The maximum atomic E-state index is 13.7. The molecule has 0 amide bonds. The molecule has 2 aromatic carbocycles. The van der Waals surface area contributed by atoms with Crippen molar-refractivity contribution >= 4 is 23.1 Å². The minimum Gasteiger partial charge on any atom is -0.339 e. The highest BCUT2D eigenvalue weighted by Gasteiger charge is 2.35. The van der Waals surface area contributed by atoms with Crippen LogP contribution in [0.1, 0.15) is 62.6 Å². The summed E-state index contributed by atoms with van der Waals surface area (Å²) in [5.74, 6) is -0.155. The van der Waals surface area contributed by atoms with Crippen LogP contribution >= 0.6 is 0 Å². The van der Waals surface area contributed by atoms with Crippen LogP contribution in [0.15, 0.2) is 54.7 Å². The first kappa shape index (κ1) is 24.6. The van der Waals surface area contributed by atoms with Crippen LogP contribution in [0.4, 0.5) is 36.3 Å². The van der Waals surface area contributed by atoms with Gasteiger partial charge in [-0.15, -0.1) is 0 Å². The highest BCUT2D eigenvalue weighted by molar-refractivity contribution is 5.65. The molecule has 3 rings (SSSR count). The number of unbranched alkanes of at least 4 members (excludes halogenated alkanes) is 3. The van der Waals surface area contributed by atoms with Crippen LogP contribution in [0.2, 0.25) is 0 Å². The van der Waals surface area contributed by atoms with E-state index < -0.39 is 11.7 Å². The Balaban J connectivity index is 1.84. The molecule has 1 aromatic heterocycles. The number of hydrogen-bond acceptors (Lipinski definition) is 4. The number of aryl methyl sites for hydroxylation is 2. The van der Waals surface area contributed by atoms with E-state index >= 15 is 0 Å². The van der Waals surface area contributed by atoms with Crippen LogP contribution in [0.5, 0.6) is 0 Å². The number of nitrogens with zero attached hydrogens (tertiary/aromatic N) is 2. The van der Waals surface area contributed by atoms with Crippen molar-refractivity contribution in [3.63, 3.8) is 0 Å². The van der Waals surface area contributed by atoms with Crippen molar-refractivity contribution in [2.45, 2.75) is 65.0 Å². The average Bonchev–Trinajstić information content (AvgIpc) is 2.79. The first-order chi connectivity index (χ1) is 15.9. The largest absolute Gasteiger partial charge is 0.421 e. The smallest absolute Gasteiger partial charge is 0.339 e. The number of benzene rings is 2. The Labute approximate surface area is 193 Å². The molecule has 176 valence electrons. The van der Waals surface area contributed by atoms with Gasteiger partial charge in [-0.05, 0) is 48.6 Å². The molecule has 0 fully saturated rings. The number of para-hydroxylation sites is 1. The summed E-state index contributed by atoms with van der Waals surface area (Å²) < 4.78 is 41.0. The molecular formula is C26H31F3N4. The summed E-state index contributed by atoms with van der Waals surface area (Å²) in [6, 6.07) is 15.2. The summed E-state index contributed by atoms with van der Waals surface area (Å²) in [6.07, 6.45) is 3.44. The molecule has 1 heterocycles. The lowest BCUT2D eigenvalue weighted by atomic mass is 10.0. The quantitative estimate of drug-likeness (QED) is 0.287. The maximum Gasteiger partial charge on any atom is 0.421 e. The summed E-state index contributed by atoms with van der Waals surface area (Å²) in [6.45, 7) is 4.26. The fourth-order valence-electron chi connectivity index (χ4n) is 3.65. The minimum atomic E-state index is -4.57. The van der Waals surface area contributed by atoms with Crippen molar-refractivity contribution in [3.8, 4) is 0 Å². The Morgan fingerprint density at radius 2 is 1.58 bits per heavy atom. The van der Waals surface area contributed by atoms with Gasteiger partial charge in [-0.2, -0.15) is 18.2 Å². The summed E-state index contributed by atoms with van der Waals surface area (Å²) >= 11 is 0. The Hall–Kier alpha value is -3.09. The first-order valence-electron chi connectivity index (χ1n) is 11.6. The van der Waals surface area contributed by atoms with Crippen LogP contribution in [-0.4, -0.2) is 9.97 Å². The molecule has 0 unspecified atom stereocenters. The van der Waals surface area contributed by atoms with E-state index in [0.29, 0.717) is 5.69 Å². The molecule has 3 aromatic rings. The van der Waals surface area contributed by atoms with Gasteiger partial charge in [0.05, 0.1) is 0 Å². The van der Waals surface area contributed by atoms with Crippen LogP contribution in [0, 0.1) is 0 Å². The molecule has 0 spiro atoms. The van der Waals surface area contributed by atoms with Gasteiger partial charge in [-0.1, -0.05) is 69.9 Å². The van der Waals surface area contributed by atoms with Crippen molar-refractivity contribution in [1.29, 1.82) is 0 Å². The number of anilines is 4. The van der Waals surface area contributed by atoms with Crippen LogP contribution in [0.25, 0.3) is 0 Å². The van der Waals surface area contributed by atoms with Gasteiger partial charge in [0.25, 0.3) is 0 Å². The number of halogens is 3. The summed E-state index contributed by atoms with van der Waals surface area (Å²) in [5.41, 5.74) is 2.63. The number of aromatic nitrogens is 2. The van der Waals surface area contributed by atoms with E-state index in [-0.39, 0.29) is 11.8 Å². The third-order valence-corrected chi connectivity index (χ3v) is 5.41. The second-order valence-electron chi connectivity index (χ2n) is 8.12. The van der Waals surface area contributed by atoms with E-state index in [1.807, 2.05) is 42.5 Å². The van der Waals surface area contributed by atoms with Crippen molar-refractivity contribution < 1.29 is 13.2 Å². The molecule has 4 nitrogen and oxygen atoms in total. The van der Waals surface area contributed by atoms with E-state index in [1.165, 1.54) is 5.56 Å². The van der Waals surface area contributed by atoms with Crippen LogP contribution < -0.4 is 10.6 Å². The molecule has 0 radical (unpaired) electrons. The lowest BCUT2D eigenvalue weighted by Crippen LogP contribution is -2.13. The van der Waals surface area contributed by atoms with E-state index in [1.54, 1.807) is 6.07 Å². The topological polar surface area (TPSA) is 49.8 Å². The SMILES string of the molecule is CCCCCCc1ccccc1Nc1nc(Nc2ccc(CCC)cc2)ncc1C(F)(F)F. The molecule has 0 saturated carbocycles. The van der Waals surface area contributed by atoms with E-state index in [2.05, 4.69) is 34.4 Å². The van der Waals surface area contributed by atoms with E-state index in [9.17, 15) is 13.2 Å². The summed E-state index contributed by atoms with van der Waals surface area (Å²) in [7, 11) is 0. The number of nitrogens with one attached hydrogen (secondary N) is 2. The standard InChI is InChI=1S/C26H31F3N4/c1-3-5-6-7-11-20-12-8-9-13-23(20)32-24-22(26(27,28)29)18-30-25(33-24)31-21-16-14-19(10-4-2)15-17-21/h8-9,12-18H,3-7,10-11H2,1-2H3,(H2,30,31,32,33). The molecule has 0 saturated heterocycles. The highest BCUT2D eigenvalue weighted by atomic mass is 19.4. The van der Waals surface area contributed by atoms with Gasteiger partial charge < -0.3 is 10.6 Å². The van der Waals surface area contributed by atoms with Crippen molar-refractivity contribution in [3.05, 3.63) is 71.4 Å². The van der Waals surface area contributed by atoms with Gasteiger partial charge in [0.2, 0.25) is 5.95 Å². The van der Waals surface area contributed by atoms with Crippen LogP contribution in [-0.2, 0) is 19.0 Å². The molecule has 0 atom stereocenters. The van der Waals surface area contributed by atoms with Gasteiger partial charge in [0.1, 0.15) is 11.4 Å². The fraction of sp³-hybridized carbons (Fsp3) is 0.385. The first-order valence-corrected chi connectivity index (χ1v) is 11.6. The van der Waals surface area contributed by atoms with Gasteiger partial charge in [0, 0.05) is 17.6 Å². The van der Waals surface area contributed by atoms with Gasteiger partial charge in [0.15, 0.2) is 0 Å². The summed E-state index contributed by atoms with van der Waals surface area (Å²) in [5, 5.41) is 5.94. The fourth-order valence-corrected chi connectivity index (χ4v) is 3.65. The number of hydrogen-bond donors (Lipinski definition) is 2. The second kappa shape index (κ2) is 11.7. The highest BCUT2D eigenvalue weighted by Crippen LogP contribution is 2.36. The zero-order valence-corrected chi connectivity index (χ0v) is 19.2. The molecular weight excluding hydrogens is 425 g/mol. The zero-order chi connectivity index (χ0) is 23.7. The van der Waals surface area contributed by atoms with E-state index in [0.717, 1.165) is 62.4 Å². The third-order valence-electron chi connectivity index (χ3n) is 5.41. The monoisotopic (exact) mass is 456 g/mol. The lowest BCUT2D eigenvalue weighted by Gasteiger charge is -2.17. The molecule has 0 aliphatic carbocycles. The summed E-state index contributed by atoms with van der Waals surface area (Å²) in [4.78, 5) is 8.10. The minimum absolute atomic E-state index is 0.106. The van der Waals surface area contributed by atoms with Gasteiger partial charge in [-0.25, -0.2) is 4.98 Å². The zero-order valence-electron chi connectivity index (χ0n) is 19.2. The van der Waals surface area contributed by atoms with Crippen molar-refractivity contribution in [1.82, 2.24) is 9.97 Å². The lowest BCUT2D eigenvalue weighted by molar-refractivity contribution is -0.137. The predicted molar refractivity (Wildman–Crippen MR) is 128 cm³/mol. The third kappa shape index (κ3) is 7.20. The molecule has 0 bridgehead atoms. The molecule has 33 heavy (non-hydrogen) atoms. The Bertz CT molecular complexity index is 1020. The Morgan fingerprint density at radius 1 is 0.818 bits per heavy atom. The average molecular weight is 457 g/mol.